The summed E-state index contributed by atoms with van der Waals surface area (Å²) < 4.78 is 69.7. The normalized spacial score (nSPS) is 18.4. The summed E-state index contributed by atoms with van der Waals surface area (Å²) in [5.41, 5.74) is 3.14. The Morgan fingerprint density at radius 1 is 1.12 bits per heavy atom. The number of hydrogen-bond donors (Lipinski definition) is 2. The van der Waals surface area contributed by atoms with E-state index in [2.05, 4.69) is 15.4 Å². The first-order valence-corrected chi connectivity index (χ1v) is 12.6. The van der Waals surface area contributed by atoms with E-state index in [1.807, 2.05) is 11.8 Å². The minimum Gasteiger partial charge on any atom is -0.398 e. The molecule has 1 saturated heterocycles. The maximum Gasteiger partial charge on any atom is 0.413 e. The van der Waals surface area contributed by atoms with E-state index in [9.17, 15) is 31.5 Å². The molecule has 5 rings (SSSR count). The van der Waals surface area contributed by atoms with Crippen LogP contribution in [0.1, 0.15) is 42.2 Å². The number of aliphatic imine (C=N–C) groups is 1. The van der Waals surface area contributed by atoms with Crippen LogP contribution in [-0.2, 0) is 0 Å². The molecule has 210 valence electrons. The lowest BCUT2D eigenvalue weighted by atomic mass is 10.1. The number of halogens is 5. The number of nitrogens with two attached hydrogens (primary N) is 1. The van der Waals surface area contributed by atoms with Gasteiger partial charge in [0.1, 0.15) is 11.4 Å². The summed E-state index contributed by atoms with van der Waals surface area (Å²) in [6, 6.07) is 8.02. The Kier molecular flexibility index (Phi) is 6.84. The Balaban J connectivity index is 1.54. The number of nitrogen functional groups attached to an aromatic ring is 1. The number of carbonyl (C=O) groups is 1. The molecule has 3 N–H and O–H groups in total. The van der Waals surface area contributed by atoms with E-state index in [1.165, 1.54) is 12.1 Å². The summed E-state index contributed by atoms with van der Waals surface area (Å²) in [6.07, 6.45) is -2.82. The van der Waals surface area contributed by atoms with Gasteiger partial charge in [0.15, 0.2) is 17.2 Å². The second-order valence-corrected chi connectivity index (χ2v) is 10.1. The van der Waals surface area contributed by atoms with Crippen molar-refractivity contribution in [3.05, 3.63) is 75.7 Å². The number of rotatable bonds is 6. The van der Waals surface area contributed by atoms with Crippen LogP contribution in [0, 0.1) is 17.6 Å². The van der Waals surface area contributed by atoms with Crippen molar-refractivity contribution in [2.45, 2.75) is 37.9 Å². The summed E-state index contributed by atoms with van der Waals surface area (Å²) in [5.74, 6) is -2.64. The van der Waals surface area contributed by atoms with Crippen molar-refractivity contribution in [1.82, 2.24) is 9.78 Å². The van der Waals surface area contributed by atoms with Gasteiger partial charge in [-0.15, -0.1) is 0 Å². The SMILES string of the molecule is C[C@H]1CCN(c2c(NC(=O)c3ccc(=O)n(-c4c(F)cccc4F)n3)ccc(N)c2C=NC2(C(F)(F)F)CC2)C1. The van der Waals surface area contributed by atoms with Crippen molar-refractivity contribution in [1.29, 1.82) is 0 Å². The van der Waals surface area contributed by atoms with Gasteiger partial charge in [-0.05, 0) is 55.5 Å². The zero-order valence-corrected chi connectivity index (χ0v) is 21.3. The van der Waals surface area contributed by atoms with Crippen LogP contribution in [0.15, 0.2) is 52.3 Å². The molecule has 1 aliphatic heterocycles. The topological polar surface area (TPSA) is 106 Å². The van der Waals surface area contributed by atoms with Crippen LogP contribution in [0.3, 0.4) is 0 Å². The van der Waals surface area contributed by atoms with Crippen molar-refractivity contribution in [2.24, 2.45) is 10.9 Å². The number of hydrogen-bond acceptors (Lipinski definition) is 6. The van der Waals surface area contributed by atoms with Gasteiger partial charge in [-0.3, -0.25) is 14.6 Å². The van der Waals surface area contributed by atoms with Crippen LogP contribution < -0.4 is 21.5 Å². The third kappa shape index (κ3) is 5.03. The summed E-state index contributed by atoms with van der Waals surface area (Å²) in [5, 5.41) is 6.54. The van der Waals surface area contributed by atoms with E-state index < -0.39 is 40.5 Å². The minimum atomic E-state index is -4.50. The quantitative estimate of drug-likeness (QED) is 0.258. The molecule has 0 unspecified atom stereocenters. The van der Waals surface area contributed by atoms with Gasteiger partial charge in [0.05, 0.1) is 11.4 Å². The smallest absolute Gasteiger partial charge is 0.398 e. The Bertz CT molecular complexity index is 1540. The predicted molar refractivity (Wildman–Crippen MR) is 140 cm³/mol. The average molecular weight is 561 g/mol. The first kappa shape index (κ1) is 27.3. The number of benzene rings is 2. The number of nitrogens with zero attached hydrogens (tertiary/aromatic N) is 4. The third-order valence-corrected chi connectivity index (χ3v) is 7.11. The molecule has 2 aliphatic rings. The number of para-hydroxylation sites is 1. The van der Waals surface area contributed by atoms with Crippen molar-refractivity contribution >= 4 is 29.2 Å². The number of anilines is 3. The van der Waals surface area contributed by atoms with Crippen LogP contribution in [0.5, 0.6) is 0 Å². The van der Waals surface area contributed by atoms with Gasteiger partial charge in [0.25, 0.3) is 11.5 Å². The first-order valence-electron chi connectivity index (χ1n) is 12.6. The van der Waals surface area contributed by atoms with Crippen LogP contribution >= 0.6 is 0 Å². The monoisotopic (exact) mass is 560 g/mol. The first-order chi connectivity index (χ1) is 18.9. The molecule has 2 fully saturated rings. The fraction of sp³-hybridized carbons (Fsp3) is 0.333. The van der Waals surface area contributed by atoms with Gasteiger partial charge in [-0.2, -0.15) is 23.0 Å². The highest BCUT2D eigenvalue weighted by molar-refractivity contribution is 6.08. The summed E-state index contributed by atoms with van der Waals surface area (Å²) in [4.78, 5) is 31.4. The van der Waals surface area contributed by atoms with E-state index in [0.717, 1.165) is 43.0 Å². The maximum absolute atomic E-state index is 14.3. The molecule has 2 aromatic carbocycles. The molecule has 1 aliphatic carbocycles. The minimum absolute atomic E-state index is 0.122. The number of amides is 1. The van der Waals surface area contributed by atoms with Gasteiger partial charge >= 0.3 is 6.18 Å². The summed E-state index contributed by atoms with van der Waals surface area (Å²) in [7, 11) is 0. The Morgan fingerprint density at radius 2 is 1.82 bits per heavy atom. The number of aromatic nitrogens is 2. The standard InChI is InChI=1S/C27H25F5N6O2/c1-15-9-12-37(14-15)23-16(13-34-26(10-11-26)27(30,31)32)19(33)5-6-20(23)35-25(40)21-7-8-22(39)38(36-21)24-17(28)3-2-4-18(24)29/h2-8,13,15H,9-12,14,33H2,1H3,(H,35,40)/t15-/m0/s1. The van der Waals surface area contributed by atoms with Crippen molar-refractivity contribution in [3.63, 3.8) is 0 Å². The zero-order valence-electron chi connectivity index (χ0n) is 21.3. The largest absolute Gasteiger partial charge is 0.413 e. The second-order valence-electron chi connectivity index (χ2n) is 10.1. The Morgan fingerprint density at radius 3 is 2.42 bits per heavy atom. The molecule has 0 spiro atoms. The van der Waals surface area contributed by atoms with Gasteiger partial charge in [0, 0.05) is 36.6 Å². The van der Waals surface area contributed by atoms with E-state index in [-0.39, 0.29) is 41.4 Å². The van der Waals surface area contributed by atoms with Crippen LogP contribution in [0.2, 0.25) is 0 Å². The highest BCUT2D eigenvalue weighted by atomic mass is 19.4. The molecule has 3 aromatic rings. The Hall–Kier alpha value is -4.29. The number of nitrogens with one attached hydrogen (secondary N) is 1. The molecular weight excluding hydrogens is 535 g/mol. The van der Waals surface area contributed by atoms with Crippen LogP contribution in [0.4, 0.5) is 39.0 Å². The lowest BCUT2D eigenvalue weighted by Crippen LogP contribution is -2.29. The Labute approximate surface area is 225 Å². The maximum atomic E-state index is 14.3. The predicted octanol–water partition coefficient (Wildman–Crippen LogP) is 4.71. The molecule has 0 bridgehead atoms. The molecule has 8 nitrogen and oxygen atoms in total. The van der Waals surface area contributed by atoms with E-state index in [4.69, 9.17) is 5.73 Å². The zero-order chi connectivity index (χ0) is 28.8. The van der Waals surface area contributed by atoms with E-state index in [1.54, 1.807) is 0 Å². The molecule has 13 heteroatoms. The van der Waals surface area contributed by atoms with E-state index in [0.29, 0.717) is 23.5 Å². The molecule has 1 atom stereocenters. The van der Waals surface area contributed by atoms with Gasteiger partial charge in [-0.25, -0.2) is 8.78 Å². The van der Waals surface area contributed by atoms with Crippen molar-refractivity contribution in [3.8, 4) is 5.69 Å². The number of carbonyl (C=O) groups excluding carboxylic acids is 1. The summed E-state index contributed by atoms with van der Waals surface area (Å²) >= 11 is 0. The average Bonchev–Trinajstić information content (AvgIpc) is 3.58. The molecule has 2 heterocycles. The highest BCUT2D eigenvalue weighted by Crippen LogP contribution is 2.52. The molecule has 0 radical (unpaired) electrons. The summed E-state index contributed by atoms with van der Waals surface area (Å²) in [6.45, 7) is 3.15. The van der Waals surface area contributed by atoms with Gasteiger partial charge in [-0.1, -0.05) is 13.0 Å². The molecule has 1 saturated carbocycles. The third-order valence-electron chi connectivity index (χ3n) is 7.11. The molecule has 40 heavy (non-hydrogen) atoms. The molecule has 1 aromatic heterocycles. The fourth-order valence-electron chi connectivity index (χ4n) is 4.70. The number of alkyl halides is 3. The van der Waals surface area contributed by atoms with Gasteiger partial charge < -0.3 is 16.0 Å². The van der Waals surface area contributed by atoms with Crippen LogP contribution in [0.25, 0.3) is 5.69 Å². The van der Waals surface area contributed by atoms with Crippen molar-refractivity contribution in [2.75, 3.05) is 29.0 Å². The lowest BCUT2D eigenvalue weighted by Gasteiger charge is -2.25. The lowest BCUT2D eigenvalue weighted by molar-refractivity contribution is -0.155. The van der Waals surface area contributed by atoms with Gasteiger partial charge in [0.2, 0.25) is 0 Å². The fourth-order valence-corrected chi connectivity index (χ4v) is 4.70. The molecular formula is C27H25F5N6O2. The second kappa shape index (κ2) is 10.0. The van der Waals surface area contributed by atoms with Crippen LogP contribution in [-0.4, -0.2) is 46.7 Å². The molecule has 1 amide bonds. The van der Waals surface area contributed by atoms with E-state index >= 15 is 0 Å². The van der Waals surface area contributed by atoms with Crippen molar-refractivity contribution < 1.29 is 26.7 Å². The highest BCUT2D eigenvalue weighted by Gasteiger charge is 2.63.